The highest BCUT2D eigenvalue weighted by molar-refractivity contribution is 6.07. The van der Waals surface area contributed by atoms with Crippen molar-refractivity contribution in [2.24, 2.45) is 4.99 Å². The van der Waals surface area contributed by atoms with Crippen LogP contribution in [0.1, 0.15) is 20.8 Å². The van der Waals surface area contributed by atoms with Crippen molar-refractivity contribution in [3.63, 3.8) is 0 Å². The highest BCUT2D eigenvalue weighted by atomic mass is 16.6. The molecule has 2 aliphatic heterocycles. The molecule has 16 heavy (non-hydrogen) atoms. The number of nitrogens with zero attached hydrogens (tertiary/aromatic N) is 2. The van der Waals surface area contributed by atoms with E-state index in [0.29, 0.717) is 13.1 Å². The Morgan fingerprint density at radius 1 is 1.50 bits per heavy atom. The maximum absolute atomic E-state index is 11.8. The molecule has 4 nitrogen and oxygen atoms in total. The summed E-state index contributed by atoms with van der Waals surface area (Å²) in [6, 6.07) is 0. The summed E-state index contributed by atoms with van der Waals surface area (Å²) in [6.07, 6.45) is 5.44. The molecule has 0 unspecified atom stereocenters. The van der Waals surface area contributed by atoms with Crippen molar-refractivity contribution in [2.75, 3.05) is 13.1 Å². The second-order valence-corrected chi connectivity index (χ2v) is 4.91. The number of carbonyl (C=O) groups excluding carboxylic acids is 1. The molecule has 0 spiro atoms. The van der Waals surface area contributed by atoms with E-state index in [1.165, 1.54) is 0 Å². The van der Waals surface area contributed by atoms with Crippen LogP contribution in [0.2, 0.25) is 0 Å². The number of hydrogen-bond acceptors (Lipinski definition) is 3. The van der Waals surface area contributed by atoms with Gasteiger partial charge < -0.3 is 4.74 Å². The number of allylic oxidation sites excluding steroid dienone is 1. The van der Waals surface area contributed by atoms with Crippen molar-refractivity contribution in [1.82, 2.24) is 4.90 Å². The lowest BCUT2D eigenvalue weighted by molar-refractivity contribution is 0.0296. The molecular weight excluding hydrogens is 204 g/mol. The molecule has 0 aromatic carbocycles. The Morgan fingerprint density at radius 3 is 2.94 bits per heavy atom. The van der Waals surface area contributed by atoms with E-state index in [0.717, 1.165) is 11.3 Å². The van der Waals surface area contributed by atoms with Gasteiger partial charge in [-0.1, -0.05) is 6.08 Å². The Hall–Kier alpha value is -1.58. The maximum atomic E-state index is 11.8. The first kappa shape index (κ1) is 10.9. The molecule has 86 valence electrons. The summed E-state index contributed by atoms with van der Waals surface area (Å²) in [5.74, 6) is 0. The fourth-order valence-electron chi connectivity index (χ4n) is 1.62. The first-order chi connectivity index (χ1) is 7.46. The summed E-state index contributed by atoms with van der Waals surface area (Å²) < 4.78 is 5.31. The van der Waals surface area contributed by atoms with Gasteiger partial charge in [0.1, 0.15) is 5.60 Å². The number of rotatable bonds is 0. The van der Waals surface area contributed by atoms with Gasteiger partial charge >= 0.3 is 6.09 Å². The zero-order valence-electron chi connectivity index (χ0n) is 9.86. The zero-order valence-corrected chi connectivity index (χ0v) is 9.86. The number of ether oxygens (including phenoxy) is 1. The Kier molecular flexibility index (Phi) is 2.58. The third kappa shape index (κ3) is 2.32. The second-order valence-electron chi connectivity index (χ2n) is 4.91. The third-order valence-electron chi connectivity index (χ3n) is 2.34. The van der Waals surface area contributed by atoms with Gasteiger partial charge in [0.15, 0.2) is 0 Å². The number of hydrogen-bond donors (Lipinski definition) is 0. The Labute approximate surface area is 95.3 Å². The van der Waals surface area contributed by atoms with Crippen molar-refractivity contribution in [3.05, 3.63) is 23.9 Å². The van der Waals surface area contributed by atoms with Gasteiger partial charge in [-0.2, -0.15) is 0 Å². The summed E-state index contributed by atoms with van der Waals surface area (Å²) in [5.41, 5.74) is 1.62. The first-order valence-electron chi connectivity index (χ1n) is 5.37. The van der Waals surface area contributed by atoms with E-state index in [4.69, 9.17) is 4.74 Å². The molecule has 0 saturated carbocycles. The lowest BCUT2D eigenvalue weighted by Crippen LogP contribution is -2.42. The SMILES string of the molecule is CC(C)(C)OC(=O)N1CC=C2C=CN=C2C1. The zero-order chi connectivity index (χ0) is 11.8. The fraction of sp³-hybridized carbons (Fsp3) is 0.500. The van der Waals surface area contributed by atoms with Crippen molar-refractivity contribution >= 4 is 11.8 Å². The van der Waals surface area contributed by atoms with Gasteiger partial charge in [-0.15, -0.1) is 0 Å². The van der Waals surface area contributed by atoms with Crippen molar-refractivity contribution < 1.29 is 9.53 Å². The first-order valence-corrected chi connectivity index (χ1v) is 5.37. The molecule has 0 aliphatic carbocycles. The molecule has 0 aromatic heterocycles. The predicted molar refractivity (Wildman–Crippen MR) is 62.5 cm³/mol. The highest BCUT2D eigenvalue weighted by Crippen LogP contribution is 2.17. The van der Waals surface area contributed by atoms with Gasteiger partial charge in [-0.3, -0.25) is 9.89 Å². The molecule has 2 heterocycles. The van der Waals surface area contributed by atoms with E-state index in [-0.39, 0.29) is 6.09 Å². The van der Waals surface area contributed by atoms with Crippen molar-refractivity contribution in [3.8, 4) is 0 Å². The van der Waals surface area contributed by atoms with Crippen LogP contribution < -0.4 is 0 Å². The highest BCUT2D eigenvalue weighted by Gasteiger charge is 2.26. The summed E-state index contributed by atoms with van der Waals surface area (Å²) >= 11 is 0. The fourth-order valence-corrected chi connectivity index (χ4v) is 1.62. The van der Waals surface area contributed by atoms with Gasteiger partial charge in [0.2, 0.25) is 0 Å². The Balaban J connectivity index is 2.01. The van der Waals surface area contributed by atoms with Gasteiger partial charge in [-0.25, -0.2) is 4.79 Å². The summed E-state index contributed by atoms with van der Waals surface area (Å²) in [7, 11) is 0. The van der Waals surface area contributed by atoms with Gasteiger partial charge in [0.05, 0.1) is 12.3 Å². The lowest BCUT2D eigenvalue weighted by atomic mass is 10.1. The number of fused-ring (bicyclic) bond motifs is 1. The van der Waals surface area contributed by atoms with Crippen molar-refractivity contribution in [1.29, 1.82) is 0 Å². The minimum absolute atomic E-state index is 0.280. The van der Waals surface area contributed by atoms with Crippen LogP contribution in [0.3, 0.4) is 0 Å². The molecule has 4 heteroatoms. The van der Waals surface area contributed by atoms with Crippen LogP contribution >= 0.6 is 0 Å². The molecule has 0 aromatic rings. The van der Waals surface area contributed by atoms with E-state index < -0.39 is 5.60 Å². The van der Waals surface area contributed by atoms with Crippen LogP contribution in [0.5, 0.6) is 0 Å². The quantitative estimate of drug-likeness (QED) is 0.627. The number of carbonyl (C=O) groups is 1. The van der Waals surface area contributed by atoms with Crippen LogP contribution in [0, 0.1) is 0 Å². The standard InChI is InChI=1S/C12H16N2O2/c1-12(2,3)16-11(15)14-7-5-9-4-6-13-10(9)8-14/h4-6H,7-8H2,1-3H3. The normalized spacial score (nSPS) is 19.1. The molecule has 0 fully saturated rings. The van der Waals surface area contributed by atoms with Crippen LogP contribution in [0.15, 0.2) is 28.9 Å². The molecule has 0 atom stereocenters. The van der Waals surface area contributed by atoms with Crippen molar-refractivity contribution in [2.45, 2.75) is 26.4 Å². The molecule has 0 saturated heterocycles. The smallest absolute Gasteiger partial charge is 0.410 e. The van der Waals surface area contributed by atoms with Gasteiger partial charge in [0.25, 0.3) is 0 Å². The van der Waals surface area contributed by atoms with E-state index in [1.54, 1.807) is 11.1 Å². The average molecular weight is 220 g/mol. The predicted octanol–water partition coefficient (Wildman–Crippen LogP) is 2.13. The average Bonchev–Trinajstić information content (AvgIpc) is 2.61. The molecule has 0 bridgehead atoms. The van der Waals surface area contributed by atoms with E-state index in [9.17, 15) is 4.79 Å². The van der Waals surface area contributed by atoms with Gasteiger partial charge in [0, 0.05) is 12.7 Å². The monoisotopic (exact) mass is 220 g/mol. The third-order valence-corrected chi connectivity index (χ3v) is 2.34. The van der Waals surface area contributed by atoms with E-state index >= 15 is 0 Å². The second kappa shape index (κ2) is 3.77. The van der Waals surface area contributed by atoms with E-state index in [1.807, 2.05) is 32.9 Å². The van der Waals surface area contributed by atoms with Crippen LogP contribution in [-0.4, -0.2) is 35.4 Å². The minimum atomic E-state index is -0.448. The van der Waals surface area contributed by atoms with Crippen LogP contribution in [0.4, 0.5) is 4.79 Å². The van der Waals surface area contributed by atoms with Gasteiger partial charge in [-0.05, 0) is 32.4 Å². The largest absolute Gasteiger partial charge is 0.444 e. The topological polar surface area (TPSA) is 41.9 Å². The molecular formula is C12H16N2O2. The molecule has 0 N–H and O–H groups in total. The van der Waals surface area contributed by atoms with E-state index in [2.05, 4.69) is 4.99 Å². The Morgan fingerprint density at radius 2 is 2.25 bits per heavy atom. The summed E-state index contributed by atoms with van der Waals surface area (Å²) in [5, 5.41) is 0. The summed E-state index contributed by atoms with van der Waals surface area (Å²) in [6.45, 7) is 6.72. The lowest BCUT2D eigenvalue weighted by Gasteiger charge is -2.29. The number of amides is 1. The molecule has 2 aliphatic rings. The summed E-state index contributed by atoms with van der Waals surface area (Å²) in [4.78, 5) is 17.7. The molecule has 1 amide bonds. The minimum Gasteiger partial charge on any atom is -0.444 e. The van der Waals surface area contributed by atoms with Crippen LogP contribution in [0.25, 0.3) is 0 Å². The number of aliphatic imine (C=N–C) groups is 1. The molecule has 0 radical (unpaired) electrons. The Bertz CT molecular complexity index is 400. The van der Waals surface area contributed by atoms with Crippen LogP contribution in [-0.2, 0) is 4.74 Å². The maximum Gasteiger partial charge on any atom is 0.410 e. The molecule has 2 rings (SSSR count).